The summed E-state index contributed by atoms with van der Waals surface area (Å²) in [4.78, 5) is 37.4. The molecule has 2 aromatic carbocycles. The number of carbonyl (C=O) groups is 3. The molecule has 1 aliphatic heterocycles. The summed E-state index contributed by atoms with van der Waals surface area (Å²) >= 11 is 6.27. The van der Waals surface area contributed by atoms with E-state index in [2.05, 4.69) is 5.32 Å². The van der Waals surface area contributed by atoms with Crippen LogP contribution in [0.2, 0.25) is 5.02 Å². The first-order chi connectivity index (χ1) is 14.9. The molecule has 2 amide bonds. The van der Waals surface area contributed by atoms with Gasteiger partial charge in [-0.2, -0.15) is 0 Å². The summed E-state index contributed by atoms with van der Waals surface area (Å²) in [6, 6.07) is 13.9. The van der Waals surface area contributed by atoms with Crippen LogP contribution in [0, 0.1) is 0 Å². The summed E-state index contributed by atoms with van der Waals surface area (Å²) in [5.41, 5.74) is 1.20. The number of benzene rings is 2. The second-order valence-electron chi connectivity index (χ2n) is 7.50. The summed E-state index contributed by atoms with van der Waals surface area (Å²) in [6.07, 6.45) is 1.22. The molecule has 8 heteroatoms. The van der Waals surface area contributed by atoms with Crippen molar-refractivity contribution in [1.29, 1.82) is 0 Å². The van der Waals surface area contributed by atoms with Crippen molar-refractivity contribution in [2.45, 2.75) is 31.8 Å². The van der Waals surface area contributed by atoms with Crippen molar-refractivity contribution in [3.8, 4) is 0 Å². The van der Waals surface area contributed by atoms with Crippen LogP contribution in [0.25, 0.3) is 0 Å². The maximum atomic E-state index is 12.4. The van der Waals surface area contributed by atoms with E-state index in [1.165, 1.54) is 6.92 Å². The van der Waals surface area contributed by atoms with Crippen LogP contribution in [-0.2, 0) is 20.8 Å². The van der Waals surface area contributed by atoms with Gasteiger partial charge in [0.05, 0.1) is 5.54 Å². The fourth-order valence-electron chi connectivity index (χ4n) is 3.53. The molecule has 1 N–H and O–H groups in total. The van der Waals surface area contributed by atoms with Gasteiger partial charge in [-0.25, -0.2) is 4.79 Å². The predicted molar refractivity (Wildman–Crippen MR) is 117 cm³/mol. The van der Waals surface area contributed by atoms with Crippen LogP contribution in [0.15, 0.2) is 48.5 Å². The Labute approximate surface area is 186 Å². The Morgan fingerprint density at radius 1 is 1.16 bits per heavy atom. The molecule has 1 heterocycles. The van der Waals surface area contributed by atoms with E-state index in [0.717, 1.165) is 12.0 Å². The number of nitrogens with zero attached hydrogens (tertiary/aromatic N) is 1. The third-order valence-corrected chi connectivity index (χ3v) is 5.84. The molecule has 0 saturated carbocycles. The van der Waals surface area contributed by atoms with E-state index in [9.17, 15) is 14.4 Å². The highest BCUT2D eigenvalue weighted by Crippen LogP contribution is 2.30. The SMILES string of the molecule is CC(=O)c1ccc(NC(=O)OCC2(N(C=O)Cc3ccccc3Cl)CCOCC2)cc1. The number of nitrogens with one attached hydrogen (secondary N) is 1. The maximum Gasteiger partial charge on any atom is 0.411 e. The first-order valence-corrected chi connectivity index (χ1v) is 10.4. The molecule has 0 unspecified atom stereocenters. The van der Waals surface area contributed by atoms with Gasteiger partial charge in [0.15, 0.2) is 5.78 Å². The molecule has 3 rings (SSSR count). The number of ether oxygens (including phenoxy) is 2. The van der Waals surface area contributed by atoms with Crippen molar-refractivity contribution in [3.05, 3.63) is 64.7 Å². The third kappa shape index (κ3) is 5.83. The molecule has 0 radical (unpaired) electrons. The van der Waals surface area contributed by atoms with Crippen LogP contribution in [0.4, 0.5) is 10.5 Å². The summed E-state index contributed by atoms with van der Waals surface area (Å²) in [5.74, 6) is -0.0527. The fraction of sp³-hybridized carbons (Fsp3) is 0.348. The molecule has 7 nitrogen and oxygen atoms in total. The highest BCUT2D eigenvalue weighted by Gasteiger charge is 2.40. The molecule has 0 bridgehead atoms. The van der Waals surface area contributed by atoms with Gasteiger partial charge in [-0.1, -0.05) is 29.8 Å². The fourth-order valence-corrected chi connectivity index (χ4v) is 3.73. The summed E-state index contributed by atoms with van der Waals surface area (Å²) in [7, 11) is 0. The Balaban J connectivity index is 1.68. The number of Topliss-reactive ketones (excluding diaryl/α,β-unsaturated/α-hetero) is 1. The van der Waals surface area contributed by atoms with E-state index in [1.54, 1.807) is 35.2 Å². The zero-order valence-electron chi connectivity index (χ0n) is 17.3. The Kier molecular flexibility index (Phi) is 7.65. The van der Waals surface area contributed by atoms with Gasteiger partial charge in [0.2, 0.25) is 6.41 Å². The van der Waals surface area contributed by atoms with Crippen molar-refractivity contribution in [3.63, 3.8) is 0 Å². The molecule has 0 atom stereocenters. The summed E-state index contributed by atoms with van der Waals surface area (Å²) in [6.45, 7) is 2.73. The van der Waals surface area contributed by atoms with Gasteiger partial charge >= 0.3 is 6.09 Å². The van der Waals surface area contributed by atoms with E-state index in [0.29, 0.717) is 48.9 Å². The first-order valence-electron chi connectivity index (χ1n) is 10.0. The van der Waals surface area contributed by atoms with Gasteiger partial charge in [0.1, 0.15) is 6.61 Å². The normalized spacial score (nSPS) is 15.0. The highest BCUT2D eigenvalue weighted by molar-refractivity contribution is 6.31. The summed E-state index contributed by atoms with van der Waals surface area (Å²) in [5, 5.41) is 3.22. The molecule has 0 aromatic heterocycles. The van der Waals surface area contributed by atoms with E-state index in [1.807, 2.05) is 18.2 Å². The van der Waals surface area contributed by atoms with E-state index in [-0.39, 0.29) is 12.4 Å². The minimum absolute atomic E-state index is 0.0247. The van der Waals surface area contributed by atoms with E-state index >= 15 is 0 Å². The molecule has 1 fully saturated rings. The zero-order chi connectivity index (χ0) is 22.3. The lowest BCUT2D eigenvalue weighted by molar-refractivity contribution is -0.132. The number of ketones is 1. The number of hydrogen-bond donors (Lipinski definition) is 1. The van der Waals surface area contributed by atoms with Crippen LogP contribution >= 0.6 is 11.6 Å². The molecule has 2 aromatic rings. The Morgan fingerprint density at radius 2 is 1.84 bits per heavy atom. The van der Waals surface area contributed by atoms with E-state index in [4.69, 9.17) is 21.1 Å². The Morgan fingerprint density at radius 3 is 2.45 bits per heavy atom. The third-order valence-electron chi connectivity index (χ3n) is 5.47. The Hall–Kier alpha value is -2.90. The van der Waals surface area contributed by atoms with Crippen molar-refractivity contribution in [2.24, 2.45) is 0 Å². The second-order valence-corrected chi connectivity index (χ2v) is 7.90. The van der Waals surface area contributed by atoms with Gasteiger partial charge in [0, 0.05) is 36.0 Å². The molecule has 0 aliphatic carbocycles. The van der Waals surface area contributed by atoms with Crippen molar-refractivity contribution in [1.82, 2.24) is 4.90 Å². The molecule has 31 heavy (non-hydrogen) atoms. The van der Waals surface area contributed by atoms with Crippen LogP contribution in [0.5, 0.6) is 0 Å². The molecule has 1 saturated heterocycles. The minimum atomic E-state index is -0.686. The van der Waals surface area contributed by atoms with Crippen LogP contribution in [0.3, 0.4) is 0 Å². The number of rotatable bonds is 8. The van der Waals surface area contributed by atoms with Gasteiger partial charge in [-0.05, 0) is 55.7 Å². The van der Waals surface area contributed by atoms with Gasteiger partial charge in [-0.3, -0.25) is 14.9 Å². The lowest BCUT2D eigenvalue weighted by Crippen LogP contribution is -2.55. The minimum Gasteiger partial charge on any atom is -0.447 e. The summed E-state index contributed by atoms with van der Waals surface area (Å²) < 4.78 is 11.0. The topological polar surface area (TPSA) is 84.9 Å². The first kappa shape index (κ1) is 22.8. The average molecular weight is 445 g/mol. The van der Waals surface area contributed by atoms with Crippen molar-refractivity contribution < 1.29 is 23.9 Å². The lowest BCUT2D eigenvalue weighted by atomic mass is 9.88. The smallest absolute Gasteiger partial charge is 0.411 e. The van der Waals surface area contributed by atoms with Crippen LogP contribution in [-0.4, -0.2) is 48.5 Å². The van der Waals surface area contributed by atoms with Gasteiger partial charge < -0.3 is 14.4 Å². The molecule has 1 aliphatic rings. The molecule has 0 spiro atoms. The van der Waals surface area contributed by atoms with Gasteiger partial charge in [0.25, 0.3) is 0 Å². The van der Waals surface area contributed by atoms with Crippen molar-refractivity contribution >= 4 is 35.6 Å². The van der Waals surface area contributed by atoms with Crippen LogP contribution in [0.1, 0.15) is 35.7 Å². The number of anilines is 1. The average Bonchev–Trinajstić information content (AvgIpc) is 2.78. The number of hydrogen-bond acceptors (Lipinski definition) is 5. The molecule has 164 valence electrons. The standard InChI is InChI=1S/C23H25ClN2O5/c1-17(28)18-6-8-20(9-7-18)25-22(29)31-15-23(10-12-30-13-11-23)26(16-27)14-19-4-2-3-5-21(19)24/h2-9,16H,10-15H2,1H3,(H,25,29). The lowest BCUT2D eigenvalue weighted by Gasteiger charge is -2.44. The molecular formula is C23H25ClN2O5. The Bertz CT molecular complexity index is 926. The van der Waals surface area contributed by atoms with E-state index < -0.39 is 11.6 Å². The monoisotopic (exact) mass is 444 g/mol. The highest BCUT2D eigenvalue weighted by atomic mass is 35.5. The van der Waals surface area contributed by atoms with Crippen LogP contribution < -0.4 is 5.32 Å². The van der Waals surface area contributed by atoms with Gasteiger partial charge in [-0.15, -0.1) is 0 Å². The number of carbonyl (C=O) groups excluding carboxylic acids is 3. The predicted octanol–water partition coefficient (Wildman–Crippen LogP) is 4.30. The second kappa shape index (κ2) is 10.4. The molecular weight excluding hydrogens is 420 g/mol. The number of amides is 2. The zero-order valence-corrected chi connectivity index (χ0v) is 18.1. The maximum absolute atomic E-state index is 12.4. The largest absolute Gasteiger partial charge is 0.447 e. The number of halogens is 1. The van der Waals surface area contributed by atoms with Crippen molar-refractivity contribution in [2.75, 3.05) is 25.1 Å². The quantitative estimate of drug-likeness (QED) is 0.484.